The fraction of sp³-hybridized carbons (Fsp3) is 0.278. The largest absolute Gasteiger partial charge is 0.508 e. The number of aliphatic hydroxyl groups excluding tert-OH is 1. The normalized spacial score (nSPS) is 10.3. The lowest BCUT2D eigenvalue weighted by atomic mass is 10.1. The first-order valence-electron chi connectivity index (χ1n) is 7.43. The van der Waals surface area contributed by atoms with E-state index in [1.807, 2.05) is 24.3 Å². The predicted octanol–water partition coefficient (Wildman–Crippen LogP) is 1.79. The van der Waals surface area contributed by atoms with Crippen LogP contribution in [0.4, 0.5) is 0 Å². The minimum atomic E-state index is -0.205. The first kappa shape index (κ1) is 16.8. The lowest BCUT2D eigenvalue weighted by molar-refractivity contribution is -0.120. The second-order valence-electron chi connectivity index (χ2n) is 5.25. The molecule has 5 heteroatoms. The van der Waals surface area contributed by atoms with E-state index < -0.39 is 0 Å². The van der Waals surface area contributed by atoms with Crippen LogP contribution < -0.4 is 10.1 Å². The number of ether oxygens (including phenoxy) is 1. The van der Waals surface area contributed by atoms with Crippen LogP contribution in [0.3, 0.4) is 0 Å². The van der Waals surface area contributed by atoms with Crippen LogP contribution in [0.15, 0.2) is 42.5 Å². The number of nitrogens with one attached hydrogen (secondary N) is 1. The van der Waals surface area contributed by atoms with Gasteiger partial charge in [0, 0.05) is 12.1 Å². The lowest BCUT2D eigenvalue weighted by Gasteiger charge is -2.08. The van der Waals surface area contributed by atoms with E-state index in [9.17, 15) is 9.90 Å². The Labute approximate surface area is 135 Å². The molecule has 122 valence electrons. The number of phenols is 1. The summed E-state index contributed by atoms with van der Waals surface area (Å²) in [7, 11) is 1.60. The monoisotopic (exact) mass is 315 g/mol. The average molecular weight is 315 g/mol. The van der Waals surface area contributed by atoms with Gasteiger partial charge in [-0.1, -0.05) is 18.2 Å². The Balaban J connectivity index is 1.80. The highest BCUT2D eigenvalue weighted by Crippen LogP contribution is 2.18. The first-order valence-corrected chi connectivity index (χ1v) is 7.43. The zero-order chi connectivity index (χ0) is 16.7. The molecule has 0 heterocycles. The molecule has 1 amide bonds. The van der Waals surface area contributed by atoms with Gasteiger partial charge in [0.25, 0.3) is 0 Å². The SMILES string of the molecule is COc1ccc(CC(=O)NCCc2ccc(O)c(CO)c2)cc1. The van der Waals surface area contributed by atoms with Crippen molar-refractivity contribution in [3.63, 3.8) is 0 Å². The highest BCUT2D eigenvalue weighted by molar-refractivity contribution is 5.78. The van der Waals surface area contributed by atoms with Gasteiger partial charge >= 0.3 is 0 Å². The van der Waals surface area contributed by atoms with Gasteiger partial charge in [-0.15, -0.1) is 0 Å². The van der Waals surface area contributed by atoms with Crippen LogP contribution in [0.5, 0.6) is 11.5 Å². The Morgan fingerprint density at radius 1 is 1.13 bits per heavy atom. The number of amides is 1. The minimum Gasteiger partial charge on any atom is -0.508 e. The smallest absolute Gasteiger partial charge is 0.224 e. The van der Waals surface area contributed by atoms with E-state index in [4.69, 9.17) is 9.84 Å². The average Bonchev–Trinajstić information content (AvgIpc) is 2.57. The number of aromatic hydroxyl groups is 1. The van der Waals surface area contributed by atoms with Gasteiger partial charge in [0.2, 0.25) is 5.91 Å². The van der Waals surface area contributed by atoms with Gasteiger partial charge in [-0.2, -0.15) is 0 Å². The summed E-state index contributed by atoms with van der Waals surface area (Å²) in [6.45, 7) is 0.300. The van der Waals surface area contributed by atoms with Gasteiger partial charge in [-0.05, 0) is 41.8 Å². The summed E-state index contributed by atoms with van der Waals surface area (Å²) in [6, 6.07) is 12.5. The molecule has 0 bridgehead atoms. The third kappa shape index (κ3) is 5.00. The maximum absolute atomic E-state index is 11.9. The van der Waals surface area contributed by atoms with Crippen molar-refractivity contribution in [3.05, 3.63) is 59.2 Å². The Morgan fingerprint density at radius 2 is 1.83 bits per heavy atom. The molecular formula is C18H21NO4. The van der Waals surface area contributed by atoms with Crippen LogP contribution in [0.2, 0.25) is 0 Å². The number of carbonyl (C=O) groups excluding carboxylic acids is 1. The number of carbonyl (C=O) groups is 1. The van der Waals surface area contributed by atoms with E-state index in [2.05, 4.69) is 5.32 Å². The molecule has 0 saturated carbocycles. The summed E-state index contributed by atoms with van der Waals surface area (Å²) in [4.78, 5) is 11.9. The molecule has 5 nitrogen and oxygen atoms in total. The second kappa shape index (κ2) is 8.19. The zero-order valence-electron chi connectivity index (χ0n) is 13.1. The van der Waals surface area contributed by atoms with Crippen molar-refractivity contribution in [3.8, 4) is 11.5 Å². The third-order valence-electron chi connectivity index (χ3n) is 3.57. The molecule has 2 aromatic carbocycles. The molecule has 0 aliphatic carbocycles. The molecule has 0 atom stereocenters. The Bertz CT molecular complexity index is 653. The van der Waals surface area contributed by atoms with Crippen LogP contribution >= 0.6 is 0 Å². The molecule has 2 rings (SSSR count). The van der Waals surface area contributed by atoms with Crippen LogP contribution in [0.1, 0.15) is 16.7 Å². The van der Waals surface area contributed by atoms with Crippen LogP contribution in [0, 0.1) is 0 Å². The lowest BCUT2D eigenvalue weighted by Crippen LogP contribution is -2.27. The number of hydrogen-bond donors (Lipinski definition) is 3. The molecular weight excluding hydrogens is 294 g/mol. The van der Waals surface area contributed by atoms with E-state index in [1.54, 1.807) is 25.3 Å². The molecule has 0 radical (unpaired) electrons. The summed E-state index contributed by atoms with van der Waals surface area (Å²) >= 11 is 0. The van der Waals surface area contributed by atoms with E-state index in [1.165, 1.54) is 0 Å². The Morgan fingerprint density at radius 3 is 2.48 bits per heavy atom. The fourth-order valence-corrected chi connectivity index (χ4v) is 2.26. The van der Waals surface area contributed by atoms with Crippen molar-refractivity contribution in [1.29, 1.82) is 0 Å². The summed E-state index contributed by atoms with van der Waals surface area (Å²) in [5, 5.41) is 21.5. The van der Waals surface area contributed by atoms with Crippen molar-refractivity contribution >= 4 is 5.91 Å². The van der Waals surface area contributed by atoms with E-state index >= 15 is 0 Å². The number of methoxy groups -OCH3 is 1. The van der Waals surface area contributed by atoms with Gasteiger partial charge in [0.1, 0.15) is 11.5 Å². The highest BCUT2D eigenvalue weighted by Gasteiger charge is 2.05. The molecule has 3 N–H and O–H groups in total. The topological polar surface area (TPSA) is 78.8 Å². The number of hydrogen-bond acceptors (Lipinski definition) is 4. The van der Waals surface area contributed by atoms with Crippen LogP contribution in [-0.4, -0.2) is 29.8 Å². The molecule has 2 aromatic rings. The second-order valence-corrected chi connectivity index (χ2v) is 5.25. The van der Waals surface area contributed by atoms with Crippen molar-refractivity contribution in [1.82, 2.24) is 5.32 Å². The maximum atomic E-state index is 11.9. The van der Waals surface area contributed by atoms with Crippen LogP contribution in [0.25, 0.3) is 0 Å². The molecule has 0 spiro atoms. The summed E-state index contributed by atoms with van der Waals surface area (Å²) in [5.74, 6) is 0.803. The van der Waals surface area contributed by atoms with Gasteiger partial charge in [0.05, 0.1) is 20.1 Å². The number of aliphatic hydroxyl groups is 1. The number of benzene rings is 2. The summed E-state index contributed by atoms with van der Waals surface area (Å²) < 4.78 is 5.08. The Hall–Kier alpha value is -2.53. The zero-order valence-corrected chi connectivity index (χ0v) is 13.1. The number of rotatable bonds is 7. The summed E-state index contributed by atoms with van der Waals surface area (Å²) in [5.41, 5.74) is 2.37. The molecule has 0 aromatic heterocycles. The molecule has 23 heavy (non-hydrogen) atoms. The molecule has 0 fully saturated rings. The van der Waals surface area contributed by atoms with Crippen molar-refractivity contribution < 1.29 is 19.7 Å². The van der Waals surface area contributed by atoms with Crippen molar-refractivity contribution in [2.45, 2.75) is 19.4 Å². The maximum Gasteiger partial charge on any atom is 0.224 e. The van der Waals surface area contributed by atoms with E-state index in [0.29, 0.717) is 24.9 Å². The quantitative estimate of drug-likeness (QED) is 0.728. The van der Waals surface area contributed by atoms with E-state index in [-0.39, 0.29) is 18.3 Å². The van der Waals surface area contributed by atoms with Crippen LogP contribution in [-0.2, 0) is 24.2 Å². The Kier molecular flexibility index (Phi) is 6.00. The molecule has 0 aliphatic rings. The highest BCUT2D eigenvalue weighted by atomic mass is 16.5. The third-order valence-corrected chi connectivity index (χ3v) is 3.57. The fourth-order valence-electron chi connectivity index (χ4n) is 2.26. The van der Waals surface area contributed by atoms with Crippen molar-refractivity contribution in [2.24, 2.45) is 0 Å². The van der Waals surface area contributed by atoms with Crippen molar-refractivity contribution in [2.75, 3.05) is 13.7 Å². The van der Waals surface area contributed by atoms with Gasteiger partial charge < -0.3 is 20.3 Å². The van der Waals surface area contributed by atoms with Gasteiger partial charge in [-0.25, -0.2) is 0 Å². The molecule has 0 aliphatic heterocycles. The predicted molar refractivity (Wildman–Crippen MR) is 87.4 cm³/mol. The minimum absolute atomic E-state index is 0.0451. The van der Waals surface area contributed by atoms with Gasteiger partial charge in [0.15, 0.2) is 0 Å². The first-order chi connectivity index (χ1) is 11.1. The van der Waals surface area contributed by atoms with Gasteiger partial charge in [-0.3, -0.25) is 4.79 Å². The molecule has 0 saturated heterocycles. The summed E-state index contributed by atoms with van der Waals surface area (Å²) in [6.07, 6.45) is 0.961. The van der Waals surface area contributed by atoms with E-state index in [0.717, 1.165) is 16.9 Å². The standard InChI is InChI=1S/C18H21NO4/c1-23-16-5-2-13(3-6-16)11-18(22)19-9-8-14-4-7-17(21)15(10-14)12-20/h2-7,10,20-21H,8-9,11-12H2,1H3,(H,19,22). The molecule has 0 unspecified atom stereocenters.